The van der Waals surface area contributed by atoms with Gasteiger partial charge >= 0.3 is 23.8 Å². The Morgan fingerprint density at radius 2 is 1.97 bits per heavy atom. The summed E-state index contributed by atoms with van der Waals surface area (Å²) in [4.78, 5) is 31.0. The highest BCUT2D eigenvalue weighted by Gasteiger charge is 2.20. The minimum atomic E-state index is -0.609. The highest BCUT2D eigenvalue weighted by Crippen LogP contribution is 2.25. The summed E-state index contributed by atoms with van der Waals surface area (Å²) < 4.78 is 10.4. The number of hydrogen-bond donors (Lipinski definition) is 4. The van der Waals surface area contributed by atoms with Gasteiger partial charge in [-0.25, -0.2) is 4.79 Å². The number of ether oxygens (including phenoxy) is 1. The van der Waals surface area contributed by atoms with Crippen LogP contribution in [0.25, 0.3) is 0 Å². The number of amides is 3. The van der Waals surface area contributed by atoms with Crippen molar-refractivity contribution in [2.24, 2.45) is 0 Å². The van der Waals surface area contributed by atoms with Crippen molar-refractivity contribution in [2.75, 3.05) is 54.1 Å². The predicted molar refractivity (Wildman–Crippen MR) is 117 cm³/mol. The maximum absolute atomic E-state index is 12.6. The molecule has 1 aliphatic rings. The van der Waals surface area contributed by atoms with Crippen LogP contribution in [0.5, 0.6) is 5.75 Å². The zero-order valence-corrected chi connectivity index (χ0v) is 17.3. The van der Waals surface area contributed by atoms with Crippen LogP contribution < -0.4 is 30.9 Å². The summed E-state index contributed by atoms with van der Waals surface area (Å²) in [5.74, 6) is -0.310. The molecule has 0 spiro atoms. The number of piperazine rings is 1. The molecule has 0 saturated carbocycles. The Bertz CT molecular complexity index is 1100. The Balaban J connectivity index is 1.38. The molecular formula is C20H22N8O4. The van der Waals surface area contributed by atoms with Crippen LogP contribution in [0.2, 0.25) is 0 Å². The van der Waals surface area contributed by atoms with Crippen molar-refractivity contribution in [3.8, 4) is 5.75 Å². The van der Waals surface area contributed by atoms with Gasteiger partial charge in [-0.2, -0.15) is 0 Å². The zero-order valence-electron chi connectivity index (χ0n) is 17.3. The van der Waals surface area contributed by atoms with Gasteiger partial charge in [-0.05, 0) is 18.2 Å². The number of carbonyl (C=O) groups is 2. The fraction of sp³-hybridized carbons (Fsp3) is 0.250. The van der Waals surface area contributed by atoms with Crippen molar-refractivity contribution < 1.29 is 18.7 Å². The third kappa shape index (κ3) is 5.10. The van der Waals surface area contributed by atoms with E-state index in [1.54, 1.807) is 36.7 Å². The summed E-state index contributed by atoms with van der Waals surface area (Å²) >= 11 is 0. The Labute approximate surface area is 183 Å². The Morgan fingerprint density at radius 3 is 2.78 bits per heavy atom. The molecule has 3 amide bonds. The van der Waals surface area contributed by atoms with Gasteiger partial charge in [0.25, 0.3) is 0 Å². The summed E-state index contributed by atoms with van der Waals surface area (Å²) in [6, 6.07) is 7.84. The largest absolute Gasteiger partial charge is 0.497 e. The van der Waals surface area contributed by atoms with E-state index in [2.05, 4.69) is 41.3 Å². The minimum absolute atomic E-state index is 0.218. The maximum Gasteiger partial charge on any atom is 0.327 e. The van der Waals surface area contributed by atoms with Crippen molar-refractivity contribution in [2.45, 2.75) is 0 Å². The number of aromatic nitrogens is 3. The fourth-order valence-electron chi connectivity index (χ4n) is 3.17. The third-order valence-electron chi connectivity index (χ3n) is 4.67. The SMILES string of the molecule is COc1cccc(NC(=O)Nc2nnc(C(=O)Nc3cnccc3N3CCNCC3)o2)c1. The molecule has 0 unspecified atom stereocenters. The lowest BCUT2D eigenvalue weighted by Gasteiger charge is -2.30. The molecule has 3 aromatic rings. The Hall–Kier alpha value is -4.19. The quantitative estimate of drug-likeness (QED) is 0.452. The highest BCUT2D eigenvalue weighted by atomic mass is 16.5. The molecule has 4 rings (SSSR count). The number of carbonyl (C=O) groups excluding carboxylic acids is 2. The molecule has 1 fully saturated rings. The molecule has 12 heteroatoms. The van der Waals surface area contributed by atoms with Gasteiger partial charge in [0.2, 0.25) is 0 Å². The van der Waals surface area contributed by atoms with Gasteiger partial charge in [0.05, 0.1) is 24.7 Å². The van der Waals surface area contributed by atoms with E-state index >= 15 is 0 Å². The highest BCUT2D eigenvalue weighted by molar-refractivity contribution is 6.03. The number of hydrogen-bond acceptors (Lipinski definition) is 9. The van der Waals surface area contributed by atoms with E-state index in [0.29, 0.717) is 17.1 Å². The first kappa shape index (κ1) is 21.1. The summed E-state index contributed by atoms with van der Waals surface area (Å²) in [5, 5.41) is 18.4. The third-order valence-corrected chi connectivity index (χ3v) is 4.67. The average Bonchev–Trinajstić information content (AvgIpc) is 3.28. The second kappa shape index (κ2) is 9.75. The van der Waals surface area contributed by atoms with Crippen molar-refractivity contribution in [1.29, 1.82) is 0 Å². The van der Waals surface area contributed by atoms with Gasteiger partial charge < -0.3 is 30.0 Å². The van der Waals surface area contributed by atoms with Crippen LogP contribution in [0.4, 0.5) is 27.9 Å². The van der Waals surface area contributed by atoms with Crippen molar-refractivity contribution in [1.82, 2.24) is 20.5 Å². The number of nitrogens with one attached hydrogen (secondary N) is 4. The number of methoxy groups -OCH3 is 1. The molecule has 1 aromatic carbocycles. The van der Waals surface area contributed by atoms with Gasteiger partial charge in [-0.1, -0.05) is 11.2 Å². The standard InChI is InChI=1S/C20H22N8O4/c1-31-14-4-2-3-13(11-14)23-19(30)25-20-27-26-18(32-20)17(29)24-15-12-22-6-5-16(15)28-9-7-21-8-10-28/h2-6,11-12,21H,7-10H2,1H3,(H,24,29)(H2,23,25,27,30). The summed E-state index contributed by atoms with van der Waals surface area (Å²) in [6.45, 7) is 3.33. The number of nitrogens with zero attached hydrogens (tertiary/aromatic N) is 4. The second-order valence-corrected chi connectivity index (χ2v) is 6.81. The first-order chi connectivity index (χ1) is 15.6. The van der Waals surface area contributed by atoms with Gasteiger partial charge in [-0.3, -0.25) is 15.1 Å². The van der Waals surface area contributed by atoms with E-state index in [1.165, 1.54) is 7.11 Å². The lowest BCUT2D eigenvalue weighted by atomic mass is 10.2. The average molecular weight is 438 g/mol. The van der Waals surface area contributed by atoms with Crippen LogP contribution in [0.1, 0.15) is 10.7 Å². The van der Waals surface area contributed by atoms with Crippen molar-refractivity contribution >= 4 is 35.0 Å². The fourth-order valence-corrected chi connectivity index (χ4v) is 3.17. The molecule has 166 valence electrons. The van der Waals surface area contributed by atoms with Crippen molar-refractivity contribution in [3.05, 3.63) is 48.6 Å². The molecule has 4 N–H and O–H groups in total. The molecule has 0 atom stereocenters. The monoisotopic (exact) mass is 438 g/mol. The topological polar surface area (TPSA) is 147 Å². The minimum Gasteiger partial charge on any atom is -0.497 e. The van der Waals surface area contributed by atoms with Gasteiger partial charge in [-0.15, -0.1) is 5.10 Å². The molecule has 0 radical (unpaired) electrons. The van der Waals surface area contributed by atoms with E-state index < -0.39 is 11.9 Å². The molecule has 1 saturated heterocycles. The molecule has 3 heterocycles. The van der Waals surface area contributed by atoms with E-state index in [1.807, 2.05) is 6.07 Å². The van der Waals surface area contributed by atoms with Crippen LogP contribution in [-0.4, -0.2) is 60.4 Å². The van der Waals surface area contributed by atoms with Crippen molar-refractivity contribution in [3.63, 3.8) is 0 Å². The summed E-state index contributed by atoms with van der Waals surface area (Å²) in [5.41, 5.74) is 1.89. The maximum atomic E-state index is 12.6. The molecule has 32 heavy (non-hydrogen) atoms. The zero-order chi connectivity index (χ0) is 22.3. The van der Waals surface area contributed by atoms with Crippen LogP contribution in [-0.2, 0) is 0 Å². The normalized spacial score (nSPS) is 13.3. The van der Waals surface area contributed by atoms with Crippen LogP contribution in [0.15, 0.2) is 47.1 Å². The van der Waals surface area contributed by atoms with Crippen LogP contribution >= 0.6 is 0 Å². The molecule has 0 bridgehead atoms. The van der Waals surface area contributed by atoms with E-state index in [0.717, 1.165) is 31.9 Å². The first-order valence-electron chi connectivity index (χ1n) is 9.89. The molecule has 1 aliphatic heterocycles. The summed E-state index contributed by atoms with van der Waals surface area (Å²) in [6.07, 6.45) is 3.23. The van der Waals surface area contributed by atoms with E-state index in [9.17, 15) is 9.59 Å². The van der Waals surface area contributed by atoms with Gasteiger partial charge in [0, 0.05) is 44.1 Å². The molecule has 2 aromatic heterocycles. The molecule has 12 nitrogen and oxygen atoms in total. The van der Waals surface area contributed by atoms with Crippen LogP contribution in [0.3, 0.4) is 0 Å². The Morgan fingerprint density at radius 1 is 1.12 bits per heavy atom. The first-order valence-corrected chi connectivity index (χ1v) is 9.89. The second-order valence-electron chi connectivity index (χ2n) is 6.81. The number of benzene rings is 1. The summed E-state index contributed by atoms with van der Waals surface area (Å²) in [7, 11) is 1.53. The predicted octanol–water partition coefficient (Wildman–Crippen LogP) is 1.78. The number of urea groups is 1. The van der Waals surface area contributed by atoms with E-state index in [-0.39, 0.29) is 11.9 Å². The number of pyridine rings is 1. The molecule has 0 aliphatic carbocycles. The lowest BCUT2D eigenvalue weighted by Crippen LogP contribution is -2.43. The van der Waals surface area contributed by atoms with Gasteiger partial charge in [0.1, 0.15) is 5.75 Å². The smallest absolute Gasteiger partial charge is 0.327 e. The Kier molecular flexibility index (Phi) is 6.41. The number of rotatable bonds is 6. The number of anilines is 4. The van der Waals surface area contributed by atoms with E-state index in [4.69, 9.17) is 9.15 Å². The molecular weight excluding hydrogens is 416 g/mol. The van der Waals surface area contributed by atoms with Crippen LogP contribution in [0, 0.1) is 0 Å². The lowest BCUT2D eigenvalue weighted by molar-refractivity contribution is 0.0991. The van der Waals surface area contributed by atoms with Gasteiger partial charge in [0.15, 0.2) is 0 Å².